The molecule has 0 radical (unpaired) electrons. The van der Waals surface area contributed by atoms with Crippen LogP contribution in [0.5, 0.6) is 5.75 Å². The van der Waals surface area contributed by atoms with E-state index in [1.54, 1.807) is 12.6 Å². The number of methoxy groups -OCH3 is 1. The van der Waals surface area contributed by atoms with Gasteiger partial charge in [0, 0.05) is 57.4 Å². The molecule has 0 unspecified atom stereocenters. The Labute approximate surface area is 202 Å². The monoisotopic (exact) mass is 468 g/mol. The van der Waals surface area contributed by atoms with Gasteiger partial charge < -0.3 is 19.4 Å². The van der Waals surface area contributed by atoms with Gasteiger partial charge >= 0.3 is 0 Å². The van der Waals surface area contributed by atoms with Crippen LogP contribution in [0.2, 0.25) is 0 Å². The lowest BCUT2D eigenvalue weighted by Gasteiger charge is -2.34. The summed E-state index contributed by atoms with van der Waals surface area (Å²) >= 11 is 0. The molecule has 1 aliphatic heterocycles. The predicted octanol–water partition coefficient (Wildman–Crippen LogP) is 2.96. The van der Waals surface area contributed by atoms with Gasteiger partial charge in [0.05, 0.1) is 12.7 Å². The number of rotatable bonds is 11. The standard InChI is InChI=1S/C25H36N6O3/c1-5-29(3)23-15-22(34-4)8-7-20(23)11-12-30(6-2)18-19-9-13-31(14-10-19)25-26-16-21(17-27-25)24(32)28-33/h5,7-8,15-17,19,33H,1,6,9-14,18H2,2-4H3,(H,28,32). The van der Waals surface area contributed by atoms with E-state index in [2.05, 4.69) is 45.4 Å². The highest BCUT2D eigenvalue weighted by Gasteiger charge is 2.23. The second-order valence-electron chi connectivity index (χ2n) is 8.57. The number of hydroxylamine groups is 1. The molecule has 0 atom stereocenters. The highest BCUT2D eigenvalue weighted by atomic mass is 16.5. The normalized spacial score (nSPS) is 14.2. The van der Waals surface area contributed by atoms with Crippen LogP contribution in [0.3, 0.4) is 0 Å². The molecule has 184 valence electrons. The van der Waals surface area contributed by atoms with Crippen LogP contribution < -0.4 is 20.0 Å². The number of ether oxygens (including phenoxy) is 1. The van der Waals surface area contributed by atoms with E-state index in [1.165, 1.54) is 18.0 Å². The van der Waals surface area contributed by atoms with Crippen LogP contribution in [0.4, 0.5) is 11.6 Å². The average molecular weight is 469 g/mol. The number of nitrogens with one attached hydrogen (secondary N) is 1. The second kappa shape index (κ2) is 12.3. The molecule has 0 aliphatic carbocycles. The molecule has 1 aromatic carbocycles. The van der Waals surface area contributed by atoms with E-state index in [4.69, 9.17) is 9.94 Å². The fraction of sp³-hybridized carbons (Fsp3) is 0.480. The third-order valence-corrected chi connectivity index (χ3v) is 6.51. The number of hydrogen-bond acceptors (Lipinski definition) is 8. The minimum absolute atomic E-state index is 0.235. The van der Waals surface area contributed by atoms with Gasteiger partial charge in [-0.15, -0.1) is 0 Å². The molecule has 34 heavy (non-hydrogen) atoms. The summed E-state index contributed by atoms with van der Waals surface area (Å²) in [4.78, 5) is 26.7. The van der Waals surface area contributed by atoms with Crippen LogP contribution in [0.25, 0.3) is 0 Å². The number of aromatic nitrogens is 2. The van der Waals surface area contributed by atoms with Gasteiger partial charge in [0.1, 0.15) is 5.75 Å². The van der Waals surface area contributed by atoms with Crippen molar-refractivity contribution in [2.75, 3.05) is 56.7 Å². The van der Waals surface area contributed by atoms with Gasteiger partial charge in [-0.3, -0.25) is 10.0 Å². The lowest BCUT2D eigenvalue weighted by Crippen LogP contribution is -2.40. The third-order valence-electron chi connectivity index (χ3n) is 6.51. The highest BCUT2D eigenvalue weighted by molar-refractivity contribution is 5.92. The number of hydrogen-bond donors (Lipinski definition) is 2. The summed E-state index contributed by atoms with van der Waals surface area (Å²) in [5, 5.41) is 8.72. The molecule has 0 bridgehead atoms. The van der Waals surface area contributed by atoms with Crippen LogP contribution in [0.1, 0.15) is 35.7 Å². The number of piperidine rings is 1. The summed E-state index contributed by atoms with van der Waals surface area (Å²) in [6.45, 7) is 11.0. The molecular formula is C25H36N6O3. The van der Waals surface area contributed by atoms with Crippen molar-refractivity contribution in [3.8, 4) is 5.75 Å². The second-order valence-corrected chi connectivity index (χ2v) is 8.57. The maximum Gasteiger partial charge on any atom is 0.277 e. The molecular weight excluding hydrogens is 432 g/mol. The van der Waals surface area contributed by atoms with E-state index < -0.39 is 5.91 Å². The SMILES string of the molecule is C=CN(C)c1cc(OC)ccc1CCN(CC)CC1CCN(c2ncc(C(=O)NO)cn2)CC1. The highest BCUT2D eigenvalue weighted by Crippen LogP contribution is 2.27. The number of nitrogens with zero attached hydrogens (tertiary/aromatic N) is 5. The van der Waals surface area contributed by atoms with Gasteiger partial charge in [-0.25, -0.2) is 15.4 Å². The Kier molecular flexibility index (Phi) is 9.24. The van der Waals surface area contributed by atoms with Crippen LogP contribution in [-0.4, -0.2) is 72.9 Å². The van der Waals surface area contributed by atoms with Crippen molar-refractivity contribution >= 4 is 17.5 Å². The minimum Gasteiger partial charge on any atom is -0.497 e. The Morgan fingerprint density at radius 3 is 2.62 bits per heavy atom. The van der Waals surface area contributed by atoms with Crippen molar-refractivity contribution in [1.29, 1.82) is 0 Å². The van der Waals surface area contributed by atoms with Gasteiger partial charge in [-0.2, -0.15) is 0 Å². The number of anilines is 2. The van der Waals surface area contributed by atoms with Crippen molar-refractivity contribution in [3.63, 3.8) is 0 Å². The van der Waals surface area contributed by atoms with Crippen LogP contribution in [0.15, 0.2) is 43.4 Å². The average Bonchev–Trinajstić information content (AvgIpc) is 2.90. The molecule has 1 amide bonds. The first-order valence-electron chi connectivity index (χ1n) is 11.7. The largest absolute Gasteiger partial charge is 0.497 e. The third kappa shape index (κ3) is 6.45. The van der Waals surface area contributed by atoms with Crippen molar-refractivity contribution < 1.29 is 14.7 Å². The Hall–Kier alpha value is -3.17. The predicted molar refractivity (Wildman–Crippen MR) is 134 cm³/mol. The van der Waals surface area contributed by atoms with Gasteiger partial charge in [0.15, 0.2) is 0 Å². The van der Waals surface area contributed by atoms with Crippen LogP contribution in [-0.2, 0) is 6.42 Å². The Balaban J connectivity index is 1.52. The molecule has 1 fully saturated rings. The molecule has 9 heteroatoms. The number of carbonyl (C=O) groups excluding carboxylic acids is 1. The Morgan fingerprint density at radius 1 is 1.32 bits per heavy atom. The molecule has 1 aliphatic rings. The smallest absolute Gasteiger partial charge is 0.277 e. The number of likely N-dealkylation sites (N-methyl/N-ethyl adjacent to an activating group) is 1. The first kappa shape index (κ1) is 25.5. The first-order chi connectivity index (χ1) is 16.5. The number of carbonyl (C=O) groups is 1. The van der Waals surface area contributed by atoms with Crippen LogP contribution in [0, 0.1) is 5.92 Å². The van der Waals surface area contributed by atoms with E-state index in [-0.39, 0.29) is 5.56 Å². The molecule has 0 saturated carbocycles. The maximum absolute atomic E-state index is 11.4. The zero-order valence-corrected chi connectivity index (χ0v) is 20.4. The van der Waals surface area contributed by atoms with E-state index in [0.717, 1.165) is 63.4 Å². The zero-order valence-electron chi connectivity index (χ0n) is 20.4. The summed E-state index contributed by atoms with van der Waals surface area (Å²) < 4.78 is 5.40. The minimum atomic E-state index is -0.609. The van der Waals surface area contributed by atoms with Crippen molar-refractivity contribution in [3.05, 3.63) is 54.5 Å². The topological polar surface area (TPSA) is 94.1 Å². The number of benzene rings is 1. The fourth-order valence-corrected chi connectivity index (χ4v) is 4.31. The number of amides is 1. The Morgan fingerprint density at radius 2 is 2.03 bits per heavy atom. The van der Waals surface area contributed by atoms with Gasteiger partial charge in [-0.1, -0.05) is 19.6 Å². The quantitative estimate of drug-likeness (QED) is 0.384. The first-order valence-corrected chi connectivity index (χ1v) is 11.7. The van der Waals surface area contributed by atoms with Crippen molar-refractivity contribution in [2.45, 2.75) is 26.2 Å². The van der Waals surface area contributed by atoms with Gasteiger partial charge in [0.2, 0.25) is 5.95 Å². The molecule has 1 saturated heterocycles. The van der Waals surface area contributed by atoms with Crippen molar-refractivity contribution in [2.24, 2.45) is 5.92 Å². The lowest BCUT2D eigenvalue weighted by atomic mass is 9.96. The van der Waals surface area contributed by atoms with E-state index in [1.807, 2.05) is 24.2 Å². The Bertz CT molecular complexity index is 944. The molecule has 0 spiro atoms. The van der Waals surface area contributed by atoms with Gasteiger partial charge in [0.25, 0.3) is 5.91 Å². The summed E-state index contributed by atoms with van der Waals surface area (Å²) in [5.41, 5.74) is 4.24. The zero-order chi connectivity index (χ0) is 24.5. The summed E-state index contributed by atoms with van der Waals surface area (Å²) in [6.07, 6.45) is 7.82. The van der Waals surface area contributed by atoms with E-state index in [9.17, 15) is 4.79 Å². The molecule has 2 heterocycles. The molecule has 2 N–H and O–H groups in total. The fourth-order valence-electron chi connectivity index (χ4n) is 4.31. The van der Waals surface area contributed by atoms with Gasteiger partial charge in [-0.05, 0) is 49.6 Å². The summed E-state index contributed by atoms with van der Waals surface area (Å²) in [5.74, 6) is 1.49. The van der Waals surface area contributed by atoms with Crippen molar-refractivity contribution in [1.82, 2.24) is 20.3 Å². The molecule has 3 rings (SSSR count). The maximum atomic E-state index is 11.4. The van der Waals surface area contributed by atoms with Crippen LogP contribution >= 0.6 is 0 Å². The van der Waals surface area contributed by atoms with E-state index >= 15 is 0 Å². The summed E-state index contributed by atoms with van der Waals surface area (Å²) in [6, 6.07) is 6.23. The summed E-state index contributed by atoms with van der Waals surface area (Å²) in [7, 11) is 3.70. The lowest BCUT2D eigenvalue weighted by molar-refractivity contribution is 0.0705. The molecule has 9 nitrogen and oxygen atoms in total. The molecule has 1 aromatic heterocycles. The molecule has 2 aromatic rings. The van der Waals surface area contributed by atoms with E-state index in [0.29, 0.717) is 11.9 Å².